The Bertz CT molecular complexity index is 348. The molecular weight excluding hydrogens is 214 g/mol. The summed E-state index contributed by atoms with van der Waals surface area (Å²) in [6.45, 7) is 2.16. The largest absolute Gasteiger partial charge is 0.384 e. The van der Waals surface area contributed by atoms with Crippen LogP contribution in [-0.2, 0) is 4.79 Å². The molecule has 0 aromatic carbocycles. The fraction of sp³-hybridized carbons (Fsp3) is 0.538. The van der Waals surface area contributed by atoms with Crippen molar-refractivity contribution in [2.24, 2.45) is 0 Å². The van der Waals surface area contributed by atoms with Gasteiger partial charge < -0.3 is 10.6 Å². The lowest BCUT2D eigenvalue weighted by Crippen LogP contribution is -2.25. The van der Waals surface area contributed by atoms with Crippen LogP contribution in [0.15, 0.2) is 18.3 Å². The number of nitrogens with two attached hydrogens (primary N) is 1. The topological polar surface area (TPSA) is 59.2 Å². The van der Waals surface area contributed by atoms with Gasteiger partial charge in [0.05, 0.1) is 11.9 Å². The van der Waals surface area contributed by atoms with Gasteiger partial charge in [0.1, 0.15) is 5.82 Å². The summed E-state index contributed by atoms with van der Waals surface area (Å²) in [5.41, 5.74) is 6.29. The molecule has 2 N–H and O–H groups in total. The molecule has 4 nitrogen and oxygen atoms in total. The Labute approximate surface area is 103 Å². The van der Waals surface area contributed by atoms with E-state index in [1.54, 1.807) is 24.2 Å². The molecule has 0 fully saturated rings. The summed E-state index contributed by atoms with van der Waals surface area (Å²) in [5, 5.41) is 0. The molecule has 0 atom stereocenters. The summed E-state index contributed by atoms with van der Waals surface area (Å²) >= 11 is 0. The molecule has 0 saturated heterocycles. The van der Waals surface area contributed by atoms with Gasteiger partial charge in [-0.2, -0.15) is 0 Å². The lowest BCUT2D eigenvalue weighted by Gasteiger charge is -2.16. The molecule has 0 aliphatic heterocycles. The summed E-state index contributed by atoms with van der Waals surface area (Å²) in [4.78, 5) is 17.5. The average molecular weight is 235 g/mol. The Morgan fingerprint density at radius 2 is 2.12 bits per heavy atom. The van der Waals surface area contributed by atoms with E-state index in [0.717, 1.165) is 18.5 Å². The lowest BCUT2D eigenvalue weighted by molar-refractivity contribution is -0.118. The van der Waals surface area contributed by atoms with Crippen molar-refractivity contribution in [1.29, 1.82) is 0 Å². The van der Waals surface area contributed by atoms with Gasteiger partial charge in [0.15, 0.2) is 0 Å². The number of hydrogen-bond donors (Lipinski definition) is 1. The number of amides is 1. The molecule has 1 rings (SSSR count). The molecule has 1 amide bonds. The van der Waals surface area contributed by atoms with Gasteiger partial charge in [0, 0.05) is 13.5 Å². The minimum absolute atomic E-state index is 0.132. The molecule has 0 unspecified atom stereocenters. The van der Waals surface area contributed by atoms with Crippen LogP contribution >= 0.6 is 0 Å². The zero-order valence-corrected chi connectivity index (χ0v) is 10.6. The van der Waals surface area contributed by atoms with Crippen molar-refractivity contribution in [3.05, 3.63) is 18.3 Å². The first-order valence-electron chi connectivity index (χ1n) is 6.13. The van der Waals surface area contributed by atoms with Gasteiger partial charge in [-0.15, -0.1) is 0 Å². The third kappa shape index (κ3) is 4.43. The van der Waals surface area contributed by atoms with Crippen molar-refractivity contribution >= 4 is 17.4 Å². The van der Waals surface area contributed by atoms with Crippen LogP contribution in [0.4, 0.5) is 11.5 Å². The number of anilines is 2. The van der Waals surface area contributed by atoms with E-state index in [1.807, 2.05) is 6.07 Å². The van der Waals surface area contributed by atoms with Gasteiger partial charge in [-0.05, 0) is 18.6 Å². The van der Waals surface area contributed by atoms with Crippen molar-refractivity contribution in [3.8, 4) is 0 Å². The van der Waals surface area contributed by atoms with Crippen LogP contribution in [0.3, 0.4) is 0 Å². The smallest absolute Gasteiger partial charge is 0.226 e. The lowest BCUT2D eigenvalue weighted by atomic mass is 10.1. The van der Waals surface area contributed by atoms with Crippen molar-refractivity contribution in [2.75, 3.05) is 17.7 Å². The number of rotatable bonds is 6. The average Bonchev–Trinajstić information content (AvgIpc) is 2.34. The van der Waals surface area contributed by atoms with E-state index >= 15 is 0 Å². The third-order valence-corrected chi connectivity index (χ3v) is 2.78. The minimum atomic E-state index is 0.132. The van der Waals surface area contributed by atoms with Gasteiger partial charge >= 0.3 is 0 Å². The third-order valence-electron chi connectivity index (χ3n) is 2.78. The van der Waals surface area contributed by atoms with Crippen molar-refractivity contribution in [3.63, 3.8) is 0 Å². The summed E-state index contributed by atoms with van der Waals surface area (Å²) < 4.78 is 0. The zero-order chi connectivity index (χ0) is 12.7. The van der Waals surface area contributed by atoms with Crippen LogP contribution in [-0.4, -0.2) is 17.9 Å². The highest BCUT2D eigenvalue weighted by atomic mass is 16.2. The van der Waals surface area contributed by atoms with E-state index in [1.165, 1.54) is 12.8 Å². The van der Waals surface area contributed by atoms with Crippen LogP contribution in [0, 0.1) is 0 Å². The molecule has 0 aliphatic rings. The maximum atomic E-state index is 11.9. The number of carbonyl (C=O) groups is 1. The van der Waals surface area contributed by atoms with E-state index in [4.69, 9.17) is 5.73 Å². The van der Waals surface area contributed by atoms with Crippen LogP contribution in [0.5, 0.6) is 0 Å². The first-order valence-corrected chi connectivity index (χ1v) is 6.13. The Balaban J connectivity index is 2.43. The first kappa shape index (κ1) is 13.5. The molecule has 1 aromatic rings. The van der Waals surface area contributed by atoms with Crippen molar-refractivity contribution in [1.82, 2.24) is 4.98 Å². The number of pyridine rings is 1. The van der Waals surface area contributed by atoms with E-state index in [9.17, 15) is 4.79 Å². The van der Waals surface area contributed by atoms with Crippen molar-refractivity contribution < 1.29 is 4.79 Å². The predicted molar refractivity (Wildman–Crippen MR) is 70.8 cm³/mol. The number of aromatic nitrogens is 1. The quantitative estimate of drug-likeness (QED) is 0.771. The Kier molecular flexibility index (Phi) is 5.46. The van der Waals surface area contributed by atoms with Crippen molar-refractivity contribution in [2.45, 2.75) is 39.0 Å². The second kappa shape index (κ2) is 6.89. The molecule has 0 saturated carbocycles. The van der Waals surface area contributed by atoms with E-state index in [2.05, 4.69) is 11.9 Å². The molecule has 0 radical (unpaired) electrons. The summed E-state index contributed by atoms with van der Waals surface area (Å²) in [7, 11) is 1.77. The summed E-state index contributed by atoms with van der Waals surface area (Å²) in [6.07, 6.45) is 6.68. The van der Waals surface area contributed by atoms with Crippen LogP contribution in [0.25, 0.3) is 0 Å². The van der Waals surface area contributed by atoms with Crippen LogP contribution in [0.1, 0.15) is 39.0 Å². The minimum Gasteiger partial charge on any atom is -0.384 e. The SMILES string of the molecule is CCCCCCC(=O)N(C)c1ccc(N)nc1. The Hall–Kier alpha value is -1.58. The Morgan fingerprint density at radius 1 is 1.35 bits per heavy atom. The second-order valence-electron chi connectivity index (χ2n) is 4.20. The summed E-state index contributed by atoms with van der Waals surface area (Å²) in [5.74, 6) is 0.602. The highest BCUT2D eigenvalue weighted by molar-refractivity contribution is 5.92. The maximum absolute atomic E-state index is 11.9. The van der Waals surface area contributed by atoms with Gasteiger partial charge in [0.2, 0.25) is 5.91 Å². The zero-order valence-electron chi connectivity index (χ0n) is 10.6. The molecule has 94 valence electrons. The molecule has 0 aliphatic carbocycles. The standard InChI is InChI=1S/C13H21N3O/c1-3-4-5-6-7-13(17)16(2)11-8-9-12(14)15-10-11/h8-10H,3-7H2,1-2H3,(H2,14,15). The number of nitrogen functional groups attached to an aromatic ring is 1. The monoisotopic (exact) mass is 235 g/mol. The highest BCUT2D eigenvalue weighted by Crippen LogP contribution is 2.14. The fourth-order valence-corrected chi connectivity index (χ4v) is 1.61. The number of hydrogen-bond acceptors (Lipinski definition) is 3. The second-order valence-corrected chi connectivity index (χ2v) is 4.20. The molecule has 17 heavy (non-hydrogen) atoms. The first-order chi connectivity index (χ1) is 8.15. The molecule has 4 heteroatoms. The molecular formula is C13H21N3O. The molecule has 1 aromatic heterocycles. The predicted octanol–water partition coefficient (Wildman–Crippen LogP) is 2.60. The highest BCUT2D eigenvalue weighted by Gasteiger charge is 2.10. The van der Waals surface area contributed by atoms with Gasteiger partial charge in [-0.25, -0.2) is 4.98 Å². The number of nitrogens with zero attached hydrogens (tertiary/aromatic N) is 2. The van der Waals surface area contributed by atoms with Gasteiger partial charge in [0.25, 0.3) is 0 Å². The fourth-order valence-electron chi connectivity index (χ4n) is 1.61. The van der Waals surface area contributed by atoms with E-state index < -0.39 is 0 Å². The number of carbonyl (C=O) groups excluding carboxylic acids is 1. The van der Waals surface area contributed by atoms with E-state index in [0.29, 0.717) is 12.2 Å². The van der Waals surface area contributed by atoms with Gasteiger partial charge in [-0.1, -0.05) is 26.2 Å². The van der Waals surface area contributed by atoms with E-state index in [-0.39, 0.29) is 5.91 Å². The molecule has 0 spiro atoms. The maximum Gasteiger partial charge on any atom is 0.226 e. The van der Waals surface area contributed by atoms with Crippen LogP contribution < -0.4 is 10.6 Å². The molecule has 0 bridgehead atoms. The summed E-state index contributed by atoms with van der Waals surface area (Å²) in [6, 6.07) is 3.52. The number of unbranched alkanes of at least 4 members (excludes halogenated alkanes) is 3. The normalized spacial score (nSPS) is 10.2. The Morgan fingerprint density at radius 3 is 2.71 bits per heavy atom. The van der Waals surface area contributed by atoms with Gasteiger partial charge in [-0.3, -0.25) is 4.79 Å². The molecule has 1 heterocycles. The van der Waals surface area contributed by atoms with Crippen LogP contribution in [0.2, 0.25) is 0 Å².